The molecule has 2 amide bonds. The summed E-state index contributed by atoms with van der Waals surface area (Å²) in [6.07, 6.45) is 1.71. The van der Waals surface area contributed by atoms with Gasteiger partial charge in [-0.15, -0.1) is 0 Å². The molecule has 1 atom stereocenters. The van der Waals surface area contributed by atoms with Crippen LogP contribution in [0.1, 0.15) is 42.0 Å². The minimum absolute atomic E-state index is 0.0174. The van der Waals surface area contributed by atoms with Crippen LogP contribution in [0.15, 0.2) is 66.7 Å². The minimum Gasteiger partial charge on any atom is -0.355 e. The molecular weight excluding hydrogens is 581 g/mol. The van der Waals surface area contributed by atoms with Crippen LogP contribution in [-0.4, -0.2) is 50.5 Å². The van der Waals surface area contributed by atoms with E-state index in [4.69, 9.17) is 23.2 Å². The molecule has 0 saturated carbocycles. The van der Waals surface area contributed by atoms with Gasteiger partial charge in [0.1, 0.15) is 6.04 Å². The van der Waals surface area contributed by atoms with Gasteiger partial charge < -0.3 is 10.2 Å². The van der Waals surface area contributed by atoms with Crippen molar-refractivity contribution in [2.45, 2.75) is 52.6 Å². The highest BCUT2D eigenvalue weighted by atomic mass is 35.5. The van der Waals surface area contributed by atoms with Gasteiger partial charge in [-0.3, -0.25) is 13.9 Å². The van der Waals surface area contributed by atoms with E-state index in [1.165, 1.54) is 9.21 Å². The molecule has 3 aromatic carbocycles. The van der Waals surface area contributed by atoms with Gasteiger partial charge in [0, 0.05) is 48.1 Å². The predicted octanol–water partition coefficient (Wildman–Crippen LogP) is 5.93. The largest absolute Gasteiger partial charge is 0.355 e. The molecule has 3 rings (SSSR count). The van der Waals surface area contributed by atoms with E-state index in [2.05, 4.69) is 5.32 Å². The van der Waals surface area contributed by atoms with Crippen molar-refractivity contribution >= 4 is 50.7 Å². The molecule has 7 nitrogen and oxygen atoms in total. The van der Waals surface area contributed by atoms with E-state index in [1.54, 1.807) is 18.2 Å². The number of carbonyl (C=O) groups excluding carboxylic acids is 2. The highest BCUT2D eigenvalue weighted by Gasteiger charge is 2.31. The predicted molar refractivity (Wildman–Crippen MR) is 167 cm³/mol. The maximum atomic E-state index is 13.9. The maximum absolute atomic E-state index is 13.9. The van der Waals surface area contributed by atoms with Crippen LogP contribution >= 0.6 is 23.2 Å². The SMILES string of the molecule is CCNC(=O)[C@H](Cc1ccccc1)N(Cc1c(Cl)cccc1Cl)C(=O)CCCN(c1cc(C)cc(C)c1)S(C)(=O)=O. The number of halogens is 2. The monoisotopic (exact) mass is 617 g/mol. The van der Waals surface area contributed by atoms with Gasteiger partial charge in [0.05, 0.1) is 11.9 Å². The Kier molecular flexibility index (Phi) is 11.6. The van der Waals surface area contributed by atoms with Gasteiger partial charge in [-0.2, -0.15) is 0 Å². The van der Waals surface area contributed by atoms with Crippen molar-refractivity contribution in [2.24, 2.45) is 0 Å². The van der Waals surface area contributed by atoms with E-state index < -0.39 is 16.1 Å². The molecule has 0 fully saturated rings. The third-order valence-electron chi connectivity index (χ3n) is 6.66. The summed E-state index contributed by atoms with van der Waals surface area (Å²) in [5.41, 5.74) is 3.88. The Morgan fingerprint density at radius 1 is 0.927 bits per heavy atom. The summed E-state index contributed by atoms with van der Waals surface area (Å²) in [5.74, 6) is -0.595. The number of sulfonamides is 1. The Hall–Kier alpha value is -3.07. The fourth-order valence-corrected chi connectivity index (χ4v) is 6.26. The standard InChI is InChI=1S/C31H37Cl2N3O4S/c1-5-34-31(38)29(20-24-11-7-6-8-12-24)35(21-26-27(32)13-9-14-28(26)33)30(37)15-10-16-36(41(4,39)40)25-18-22(2)17-23(3)19-25/h6-9,11-14,17-19,29H,5,10,15-16,20-21H2,1-4H3,(H,34,38)/t29-/m0/s1. The molecule has 0 radical (unpaired) electrons. The first-order chi connectivity index (χ1) is 19.4. The molecule has 0 saturated heterocycles. The fourth-order valence-electron chi connectivity index (χ4n) is 4.80. The number of nitrogens with one attached hydrogen (secondary N) is 1. The number of carbonyl (C=O) groups is 2. The second-order valence-electron chi connectivity index (χ2n) is 10.1. The summed E-state index contributed by atoms with van der Waals surface area (Å²) < 4.78 is 26.7. The summed E-state index contributed by atoms with van der Waals surface area (Å²) >= 11 is 13.0. The van der Waals surface area contributed by atoms with Crippen LogP contribution in [0.5, 0.6) is 0 Å². The normalized spacial score (nSPS) is 12.0. The van der Waals surface area contributed by atoms with Crippen molar-refractivity contribution in [3.63, 3.8) is 0 Å². The maximum Gasteiger partial charge on any atom is 0.243 e. The first-order valence-electron chi connectivity index (χ1n) is 13.5. The second kappa shape index (κ2) is 14.7. The Bertz CT molecular complexity index is 1420. The van der Waals surface area contributed by atoms with Crippen LogP contribution in [0.25, 0.3) is 0 Å². The topological polar surface area (TPSA) is 86.8 Å². The molecule has 1 N–H and O–H groups in total. The van der Waals surface area contributed by atoms with Crippen molar-refractivity contribution < 1.29 is 18.0 Å². The number of hydrogen-bond donors (Lipinski definition) is 1. The molecule has 0 bridgehead atoms. The third-order valence-corrected chi connectivity index (χ3v) is 8.56. The first kappa shape index (κ1) is 32.4. The molecule has 0 aliphatic heterocycles. The van der Waals surface area contributed by atoms with Gasteiger partial charge in [0.2, 0.25) is 21.8 Å². The molecule has 3 aromatic rings. The second-order valence-corrected chi connectivity index (χ2v) is 12.8. The number of aryl methyl sites for hydroxylation is 2. The number of likely N-dealkylation sites (N-methyl/N-ethyl adjacent to an activating group) is 1. The molecule has 10 heteroatoms. The van der Waals surface area contributed by atoms with Crippen LogP contribution in [-0.2, 0) is 32.6 Å². The molecule has 0 unspecified atom stereocenters. The van der Waals surface area contributed by atoms with Crippen LogP contribution in [0.3, 0.4) is 0 Å². The quantitative estimate of drug-likeness (QED) is 0.257. The lowest BCUT2D eigenvalue weighted by molar-refractivity contribution is -0.141. The summed E-state index contributed by atoms with van der Waals surface area (Å²) in [7, 11) is -3.60. The van der Waals surface area contributed by atoms with Crippen molar-refractivity contribution in [3.8, 4) is 0 Å². The van der Waals surface area contributed by atoms with Gasteiger partial charge in [-0.25, -0.2) is 8.42 Å². The lowest BCUT2D eigenvalue weighted by Crippen LogP contribution is -2.50. The van der Waals surface area contributed by atoms with Gasteiger partial charge in [0.15, 0.2) is 0 Å². The van der Waals surface area contributed by atoms with Crippen molar-refractivity contribution in [1.29, 1.82) is 0 Å². The highest BCUT2D eigenvalue weighted by molar-refractivity contribution is 7.92. The Morgan fingerprint density at radius 2 is 1.54 bits per heavy atom. The van der Waals surface area contributed by atoms with Crippen LogP contribution in [0.4, 0.5) is 5.69 Å². The van der Waals surface area contributed by atoms with E-state index in [1.807, 2.05) is 69.3 Å². The first-order valence-corrected chi connectivity index (χ1v) is 16.1. The van der Waals surface area contributed by atoms with Gasteiger partial charge in [-0.05, 0) is 68.1 Å². The van der Waals surface area contributed by atoms with Gasteiger partial charge >= 0.3 is 0 Å². The van der Waals surface area contributed by atoms with E-state index in [9.17, 15) is 18.0 Å². The number of amides is 2. The zero-order valence-corrected chi connectivity index (χ0v) is 26.2. The lowest BCUT2D eigenvalue weighted by Gasteiger charge is -2.32. The van der Waals surface area contributed by atoms with Crippen LogP contribution < -0.4 is 9.62 Å². The van der Waals surface area contributed by atoms with E-state index in [0.29, 0.717) is 34.3 Å². The van der Waals surface area contributed by atoms with Crippen molar-refractivity contribution in [1.82, 2.24) is 10.2 Å². The molecule has 0 heterocycles. The number of benzene rings is 3. The molecule has 0 spiro atoms. The zero-order valence-electron chi connectivity index (χ0n) is 23.9. The Balaban J connectivity index is 1.92. The average molecular weight is 619 g/mol. The van der Waals surface area contributed by atoms with Crippen LogP contribution in [0, 0.1) is 13.8 Å². The van der Waals surface area contributed by atoms with Crippen molar-refractivity contribution in [2.75, 3.05) is 23.7 Å². The van der Waals surface area contributed by atoms with Gasteiger partial charge in [-0.1, -0.05) is 65.7 Å². The highest BCUT2D eigenvalue weighted by Crippen LogP contribution is 2.28. The zero-order chi connectivity index (χ0) is 30.2. The van der Waals surface area contributed by atoms with Gasteiger partial charge in [0.25, 0.3) is 0 Å². The van der Waals surface area contributed by atoms with E-state index >= 15 is 0 Å². The number of hydrogen-bond acceptors (Lipinski definition) is 4. The number of anilines is 1. The van der Waals surface area contributed by atoms with E-state index in [-0.39, 0.29) is 37.7 Å². The lowest BCUT2D eigenvalue weighted by atomic mass is 10.0. The smallest absolute Gasteiger partial charge is 0.243 e. The number of rotatable bonds is 13. The minimum atomic E-state index is -3.60. The molecular formula is C31H37Cl2N3O4S. The fraction of sp³-hybridized carbons (Fsp3) is 0.355. The molecule has 220 valence electrons. The van der Waals surface area contributed by atoms with Crippen molar-refractivity contribution in [3.05, 3.63) is 99.0 Å². The third kappa shape index (κ3) is 9.21. The summed E-state index contributed by atoms with van der Waals surface area (Å²) in [6.45, 7) is 6.18. The number of nitrogens with zero attached hydrogens (tertiary/aromatic N) is 2. The summed E-state index contributed by atoms with van der Waals surface area (Å²) in [4.78, 5) is 28.7. The Labute approximate surface area is 253 Å². The molecule has 0 aliphatic carbocycles. The molecule has 41 heavy (non-hydrogen) atoms. The van der Waals surface area contributed by atoms with E-state index in [0.717, 1.165) is 22.9 Å². The summed E-state index contributed by atoms with van der Waals surface area (Å²) in [5, 5.41) is 3.64. The van der Waals surface area contributed by atoms with Crippen LogP contribution in [0.2, 0.25) is 10.0 Å². The molecule has 0 aromatic heterocycles. The molecule has 0 aliphatic rings. The summed E-state index contributed by atoms with van der Waals surface area (Å²) in [6, 6.07) is 19.3. The Morgan fingerprint density at radius 3 is 2.10 bits per heavy atom. The average Bonchev–Trinajstić information content (AvgIpc) is 2.89.